The molecule has 1 saturated heterocycles. The molecule has 0 aliphatic carbocycles. The van der Waals surface area contributed by atoms with Crippen LogP contribution in [0.2, 0.25) is 0 Å². The maximum absolute atomic E-state index is 13.1. The number of ether oxygens (including phenoxy) is 3. The molecule has 4 rings (SSSR count). The number of rotatable bonds is 5. The van der Waals surface area contributed by atoms with Gasteiger partial charge in [-0.25, -0.2) is 0 Å². The van der Waals surface area contributed by atoms with Crippen molar-refractivity contribution in [3.8, 4) is 17.2 Å². The molecule has 0 saturated carbocycles. The number of carbonyl (C=O) groups excluding carboxylic acids is 1. The van der Waals surface area contributed by atoms with Gasteiger partial charge in [0, 0.05) is 49.7 Å². The minimum absolute atomic E-state index is 0.0540. The molecule has 7 nitrogen and oxygen atoms in total. The van der Waals surface area contributed by atoms with E-state index < -0.39 is 6.29 Å². The summed E-state index contributed by atoms with van der Waals surface area (Å²) in [5, 5.41) is 2.71. The number of nitrogens with zero attached hydrogens (tertiary/aromatic N) is 2. The van der Waals surface area contributed by atoms with Crippen molar-refractivity contribution in [2.24, 2.45) is 0 Å². The summed E-state index contributed by atoms with van der Waals surface area (Å²) in [5.74, 6) is 0.442. The number of alkyl halides is 2. The maximum Gasteiger partial charge on any atom is 0.586 e. The molecule has 29 heavy (non-hydrogen) atoms. The normalized spacial score (nSPS) is 17.8. The minimum atomic E-state index is -3.67. The molecule has 2 heterocycles. The lowest BCUT2D eigenvalue weighted by Gasteiger charge is -2.35. The molecule has 2 aromatic rings. The highest BCUT2D eigenvalue weighted by Crippen LogP contribution is 2.42. The summed E-state index contributed by atoms with van der Waals surface area (Å²) >= 11 is 0. The molecule has 9 heteroatoms. The van der Waals surface area contributed by atoms with Crippen molar-refractivity contribution in [3.63, 3.8) is 0 Å². The van der Waals surface area contributed by atoms with Crippen molar-refractivity contribution in [2.75, 3.05) is 50.1 Å². The Morgan fingerprint density at radius 1 is 1.10 bits per heavy atom. The van der Waals surface area contributed by atoms with Crippen LogP contribution in [-0.4, -0.2) is 56.9 Å². The Morgan fingerprint density at radius 2 is 1.86 bits per heavy atom. The van der Waals surface area contributed by atoms with Crippen molar-refractivity contribution in [1.82, 2.24) is 4.90 Å². The molecule has 0 atom stereocenters. The highest BCUT2D eigenvalue weighted by Gasteiger charge is 2.43. The Labute approximate surface area is 166 Å². The number of piperazine rings is 1. The number of anilines is 2. The predicted molar refractivity (Wildman–Crippen MR) is 103 cm³/mol. The van der Waals surface area contributed by atoms with Crippen LogP contribution in [0.25, 0.3) is 0 Å². The van der Waals surface area contributed by atoms with Crippen LogP contribution >= 0.6 is 0 Å². The SMILES string of the molecule is COc1cccc(N2CCN(CC(=O)Nc3ccc4c(c3)OC(F)(F)O4)CC2)c1. The number of hydrogen-bond acceptors (Lipinski definition) is 6. The van der Waals surface area contributed by atoms with E-state index in [-0.39, 0.29) is 24.0 Å². The molecule has 154 valence electrons. The molecule has 0 spiro atoms. The summed E-state index contributed by atoms with van der Waals surface area (Å²) in [5.41, 5.74) is 1.47. The zero-order valence-electron chi connectivity index (χ0n) is 15.9. The monoisotopic (exact) mass is 405 g/mol. The molecule has 0 aromatic heterocycles. The first-order valence-corrected chi connectivity index (χ1v) is 9.23. The summed E-state index contributed by atoms with van der Waals surface area (Å²) < 4.78 is 40.2. The molecular weight excluding hydrogens is 384 g/mol. The zero-order chi connectivity index (χ0) is 20.4. The maximum atomic E-state index is 13.1. The van der Waals surface area contributed by atoms with Crippen molar-refractivity contribution in [2.45, 2.75) is 6.29 Å². The molecule has 1 fully saturated rings. The molecule has 1 amide bonds. The van der Waals surface area contributed by atoms with Crippen molar-refractivity contribution >= 4 is 17.3 Å². The van der Waals surface area contributed by atoms with E-state index in [0.29, 0.717) is 5.69 Å². The van der Waals surface area contributed by atoms with Gasteiger partial charge in [-0.05, 0) is 24.3 Å². The van der Waals surface area contributed by atoms with Gasteiger partial charge in [-0.3, -0.25) is 9.69 Å². The summed E-state index contributed by atoms with van der Waals surface area (Å²) in [4.78, 5) is 16.6. The van der Waals surface area contributed by atoms with E-state index >= 15 is 0 Å². The Balaban J connectivity index is 1.28. The number of hydrogen-bond donors (Lipinski definition) is 1. The van der Waals surface area contributed by atoms with Gasteiger partial charge in [0.15, 0.2) is 11.5 Å². The Kier molecular flexibility index (Phi) is 5.14. The lowest BCUT2D eigenvalue weighted by molar-refractivity contribution is -0.286. The summed E-state index contributed by atoms with van der Waals surface area (Å²) in [6.45, 7) is 3.27. The molecule has 2 aliphatic rings. The van der Waals surface area contributed by atoms with Gasteiger partial charge in [0.25, 0.3) is 0 Å². The molecule has 0 unspecified atom stereocenters. The molecule has 0 bridgehead atoms. The van der Waals surface area contributed by atoms with Gasteiger partial charge in [0.05, 0.1) is 13.7 Å². The number of methoxy groups -OCH3 is 1. The van der Waals surface area contributed by atoms with Gasteiger partial charge in [-0.2, -0.15) is 0 Å². The van der Waals surface area contributed by atoms with Crippen LogP contribution in [0.4, 0.5) is 20.2 Å². The van der Waals surface area contributed by atoms with E-state index in [0.717, 1.165) is 37.6 Å². The third-order valence-corrected chi connectivity index (χ3v) is 4.84. The van der Waals surface area contributed by atoms with E-state index in [2.05, 4.69) is 19.7 Å². The van der Waals surface area contributed by atoms with Crippen LogP contribution in [0.5, 0.6) is 17.2 Å². The number of nitrogens with one attached hydrogen (secondary N) is 1. The van der Waals surface area contributed by atoms with Gasteiger partial charge in [-0.15, -0.1) is 8.78 Å². The summed E-state index contributed by atoms with van der Waals surface area (Å²) in [6, 6.07) is 12.1. The fraction of sp³-hybridized carbons (Fsp3) is 0.350. The molecule has 1 N–H and O–H groups in total. The van der Waals surface area contributed by atoms with E-state index in [1.165, 1.54) is 18.2 Å². The molecule has 2 aromatic carbocycles. The second-order valence-electron chi connectivity index (χ2n) is 6.84. The zero-order valence-corrected chi connectivity index (χ0v) is 15.9. The molecular formula is C20H21F2N3O4. The van der Waals surface area contributed by atoms with E-state index in [1.54, 1.807) is 7.11 Å². The minimum Gasteiger partial charge on any atom is -0.497 e. The number of halogens is 2. The standard InChI is InChI=1S/C20H21F2N3O4/c1-27-16-4-2-3-15(12-16)25-9-7-24(8-10-25)13-19(26)23-14-5-6-17-18(11-14)29-20(21,22)28-17/h2-6,11-12H,7-10,13H2,1H3,(H,23,26). The topological polar surface area (TPSA) is 63.3 Å². The smallest absolute Gasteiger partial charge is 0.497 e. The first-order chi connectivity index (χ1) is 13.9. The van der Waals surface area contributed by atoms with Gasteiger partial charge >= 0.3 is 6.29 Å². The number of amides is 1. The number of fused-ring (bicyclic) bond motifs is 1. The van der Waals surface area contributed by atoms with Crippen LogP contribution in [0, 0.1) is 0 Å². The summed E-state index contributed by atoms with van der Waals surface area (Å²) in [7, 11) is 1.64. The van der Waals surface area contributed by atoms with Crippen LogP contribution in [-0.2, 0) is 4.79 Å². The predicted octanol–water partition coefficient (Wildman–Crippen LogP) is 2.78. The van der Waals surface area contributed by atoms with Gasteiger partial charge in [-0.1, -0.05) is 6.07 Å². The number of benzene rings is 2. The second kappa shape index (κ2) is 7.75. The van der Waals surface area contributed by atoms with Crippen LogP contribution in [0.3, 0.4) is 0 Å². The Morgan fingerprint density at radius 3 is 2.62 bits per heavy atom. The van der Waals surface area contributed by atoms with Crippen LogP contribution < -0.4 is 24.4 Å². The van der Waals surface area contributed by atoms with E-state index in [1.807, 2.05) is 29.2 Å². The van der Waals surface area contributed by atoms with Gasteiger partial charge < -0.3 is 24.4 Å². The van der Waals surface area contributed by atoms with E-state index in [9.17, 15) is 13.6 Å². The fourth-order valence-corrected chi connectivity index (χ4v) is 3.40. The third kappa shape index (κ3) is 4.51. The Hall–Kier alpha value is -3.07. The van der Waals surface area contributed by atoms with Crippen molar-refractivity contribution in [3.05, 3.63) is 42.5 Å². The Bertz CT molecular complexity index is 901. The lowest BCUT2D eigenvalue weighted by atomic mass is 10.2. The highest BCUT2D eigenvalue weighted by atomic mass is 19.3. The fourth-order valence-electron chi connectivity index (χ4n) is 3.40. The quantitative estimate of drug-likeness (QED) is 0.826. The van der Waals surface area contributed by atoms with Gasteiger partial charge in [0.1, 0.15) is 5.75 Å². The first-order valence-electron chi connectivity index (χ1n) is 9.23. The average molecular weight is 405 g/mol. The second-order valence-corrected chi connectivity index (χ2v) is 6.84. The average Bonchev–Trinajstić information content (AvgIpc) is 3.01. The van der Waals surface area contributed by atoms with Crippen LogP contribution in [0.15, 0.2) is 42.5 Å². The third-order valence-electron chi connectivity index (χ3n) is 4.84. The van der Waals surface area contributed by atoms with E-state index in [4.69, 9.17) is 4.74 Å². The largest absolute Gasteiger partial charge is 0.586 e. The van der Waals surface area contributed by atoms with Crippen LogP contribution in [0.1, 0.15) is 0 Å². The molecule has 0 radical (unpaired) electrons. The lowest BCUT2D eigenvalue weighted by Crippen LogP contribution is -2.48. The van der Waals surface area contributed by atoms with Crippen molar-refractivity contribution in [1.29, 1.82) is 0 Å². The number of carbonyl (C=O) groups is 1. The van der Waals surface area contributed by atoms with Gasteiger partial charge in [0.2, 0.25) is 5.91 Å². The highest BCUT2D eigenvalue weighted by molar-refractivity contribution is 5.92. The molecule has 2 aliphatic heterocycles. The first kappa shape index (κ1) is 19.3. The van der Waals surface area contributed by atoms with Crippen molar-refractivity contribution < 1.29 is 27.8 Å². The summed E-state index contributed by atoms with van der Waals surface area (Å²) in [6.07, 6.45) is -3.67.